The molecule has 4 nitrogen and oxygen atoms in total. The van der Waals surface area contributed by atoms with E-state index in [0.717, 1.165) is 29.7 Å². The van der Waals surface area contributed by atoms with Crippen molar-refractivity contribution >= 4 is 15.9 Å². The van der Waals surface area contributed by atoms with Crippen LogP contribution in [-0.2, 0) is 19.5 Å². The van der Waals surface area contributed by atoms with Crippen LogP contribution in [0.3, 0.4) is 0 Å². The van der Waals surface area contributed by atoms with Crippen LogP contribution >= 0.6 is 15.9 Å². The molecule has 0 aliphatic carbocycles. The van der Waals surface area contributed by atoms with Crippen molar-refractivity contribution in [2.75, 3.05) is 7.05 Å². The molecule has 5 heteroatoms. The summed E-state index contributed by atoms with van der Waals surface area (Å²) in [5.41, 5.74) is 3.47. The van der Waals surface area contributed by atoms with Crippen molar-refractivity contribution in [1.29, 1.82) is 0 Å². The molecule has 0 saturated heterocycles. The molecule has 2 aromatic rings. The summed E-state index contributed by atoms with van der Waals surface area (Å²) < 4.78 is 3.08. The average Bonchev–Trinajstić information content (AvgIpc) is 2.75. The number of nitrogens with one attached hydrogen (secondary N) is 1. The molecule has 2 rings (SSSR count). The van der Waals surface area contributed by atoms with Crippen molar-refractivity contribution in [3.05, 3.63) is 45.7 Å². The Labute approximate surface area is 116 Å². The Kier molecular flexibility index (Phi) is 4.49. The number of nitrogens with zero attached hydrogens (tertiary/aromatic N) is 3. The second kappa shape index (κ2) is 6.11. The summed E-state index contributed by atoms with van der Waals surface area (Å²) >= 11 is 3.44. The molecule has 0 bridgehead atoms. The summed E-state index contributed by atoms with van der Waals surface area (Å²) in [6.07, 6.45) is 0.945. The first-order chi connectivity index (χ1) is 8.74. The third kappa shape index (κ3) is 2.97. The highest BCUT2D eigenvalue weighted by Gasteiger charge is 2.10. The van der Waals surface area contributed by atoms with Crippen LogP contribution in [0.1, 0.15) is 23.9 Å². The number of hydrogen-bond acceptors (Lipinski definition) is 3. The maximum Gasteiger partial charge on any atom is 0.0996 e. The van der Waals surface area contributed by atoms with E-state index in [9.17, 15) is 0 Å². The largest absolute Gasteiger partial charge is 0.314 e. The number of benzene rings is 1. The molecule has 1 aromatic heterocycles. The summed E-state index contributed by atoms with van der Waals surface area (Å²) in [5, 5.41) is 11.6. The van der Waals surface area contributed by atoms with E-state index >= 15 is 0 Å². The van der Waals surface area contributed by atoms with Crippen LogP contribution in [0.5, 0.6) is 0 Å². The maximum atomic E-state index is 4.24. The molecule has 0 fully saturated rings. The Morgan fingerprint density at radius 1 is 1.28 bits per heavy atom. The Bertz CT molecular complexity index is 504. The van der Waals surface area contributed by atoms with E-state index in [1.807, 2.05) is 23.9 Å². The van der Waals surface area contributed by atoms with Gasteiger partial charge in [0.15, 0.2) is 0 Å². The molecular weight excluding hydrogens is 292 g/mol. The average molecular weight is 309 g/mol. The van der Waals surface area contributed by atoms with E-state index < -0.39 is 0 Å². The molecule has 0 aliphatic heterocycles. The van der Waals surface area contributed by atoms with Crippen LogP contribution in [0.25, 0.3) is 0 Å². The molecule has 0 radical (unpaired) electrons. The van der Waals surface area contributed by atoms with Gasteiger partial charge in [-0.25, -0.2) is 4.68 Å². The lowest BCUT2D eigenvalue weighted by Crippen LogP contribution is -2.10. The SMILES string of the molecule is CCc1c(CNC)nnn1Cc1ccc(Br)cc1. The Balaban J connectivity index is 2.20. The van der Waals surface area contributed by atoms with E-state index in [1.165, 1.54) is 11.3 Å². The van der Waals surface area contributed by atoms with Crippen molar-refractivity contribution in [3.63, 3.8) is 0 Å². The standard InChI is InChI=1S/C13H17BrN4/c1-3-13-12(8-15-2)16-17-18(13)9-10-4-6-11(14)7-5-10/h4-7,15H,3,8-9H2,1-2H3. The summed E-state index contributed by atoms with van der Waals surface area (Å²) in [7, 11) is 1.92. The van der Waals surface area contributed by atoms with Crippen LogP contribution in [-0.4, -0.2) is 22.0 Å². The quantitative estimate of drug-likeness (QED) is 0.922. The molecule has 0 amide bonds. The predicted octanol–water partition coefficient (Wildman–Crippen LogP) is 2.37. The van der Waals surface area contributed by atoms with E-state index in [4.69, 9.17) is 0 Å². The second-order valence-corrected chi connectivity index (χ2v) is 5.07. The Morgan fingerprint density at radius 2 is 2.00 bits per heavy atom. The van der Waals surface area contributed by atoms with Gasteiger partial charge in [-0.05, 0) is 31.2 Å². The second-order valence-electron chi connectivity index (χ2n) is 4.15. The van der Waals surface area contributed by atoms with Crippen LogP contribution in [0.2, 0.25) is 0 Å². The lowest BCUT2D eigenvalue weighted by Gasteiger charge is -2.06. The minimum atomic E-state index is 0.767. The third-order valence-corrected chi connectivity index (χ3v) is 3.37. The zero-order valence-corrected chi connectivity index (χ0v) is 12.2. The van der Waals surface area contributed by atoms with Gasteiger partial charge in [0.25, 0.3) is 0 Å². The van der Waals surface area contributed by atoms with E-state index in [1.54, 1.807) is 0 Å². The lowest BCUT2D eigenvalue weighted by atomic mass is 10.2. The fourth-order valence-corrected chi connectivity index (χ4v) is 2.21. The fourth-order valence-electron chi connectivity index (χ4n) is 1.95. The number of rotatable bonds is 5. The molecule has 1 heterocycles. The smallest absolute Gasteiger partial charge is 0.0996 e. The monoisotopic (exact) mass is 308 g/mol. The summed E-state index contributed by atoms with van der Waals surface area (Å²) in [5.74, 6) is 0. The molecule has 0 aliphatic rings. The zero-order chi connectivity index (χ0) is 13.0. The van der Waals surface area contributed by atoms with Crippen molar-refractivity contribution in [3.8, 4) is 0 Å². The van der Waals surface area contributed by atoms with Gasteiger partial charge in [0, 0.05) is 11.0 Å². The minimum Gasteiger partial charge on any atom is -0.314 e. The molecule has 96 valence electrons. The van der Waals surface area contributed by atoms with Crippen molar-refractivity contribution in [2.24, 2.45) is 0 Å². The zero-order valence-electron chi connectivity index (χ0n) is 10.7. The highest BCUT2D eigenvalue weighted by molar-refractivity contribution is 9.10. The predicted molar refractivity (Wildman–Crippen MR) is 75.4 cm³/mol. The van der Waals surface area contributed by atoms with Gasteiger partial charge < -0.3 is 5.32 Å². The van der Waals surface area contributed by atoms with Gasteiger partial charge in [-0.15, -0.1) is 5.10 Å². The Hall–Kier alpha value is -1.20. The van der Waals surface area contributed by atoms with Crippen molar-refractivity contribution in [1.82, 2.24) is 20.3 Å². The molecular formula is C13H17BrN4. The van der Waals surface area contributed by atoms with Crippen LogP contribution < -0.4 is 5.32 Å². The fraction of sp³-hybridized carbons (Fsp3) is 0.385. The minimum absolute atomic E-state index is 0.767. The summed E-state index contributed by atoms with van der Waals surface area (Å²) in [4.78, 5) is 0. The molecule has 0 atom stereocenters. The highest BCUT2D eigenvalue weighted by atomic mass is 79.9. The van der Waals surface area contributed by atoms with Gasteiger partial charge >= 0.3 is 0 Å². The molecule has 0 saturated carbocycles. The summed E-state index contributed by atoms with van der Waals surface area (Å²) in [6, 6.07) is 8.30. The van der Waals surface area contributed by atoms with Crippen LogP contribution in [0, 0.1) is 0 Å². The number of aromatic nitrogens is 3. The number of halogens is 1. The molecule has 1 aromatic carbocycles. The van der Waals surface area contributed by atoms with Gasteiger partial charge in [0.1, 0.15) is 0 Å². The first-order valence-electron chi connectivity index (χ1n) is 6.05. The van der Waals surface area contributed by atoms with Crippen LogP contribution in [0.4, 0.5) is 0 Å². The normalized spacial score (nSPS) is 10.8. The van der Waals surface area contributed by atoms with E-state index in [-0.39, 0.29) is 0 Å². The van der Waals surface area contributed by atoms with E-state index in [0.29, 0.717) is 0 Å². The maximum absolute atomic E-state index is 4.24. The summed E-state index contributed by atoms with van der Waals surface area (Å²) in [6.45, 7) is 3.67. The molecule has 1 N–H and O–H groups in total. The highest BCUT2D eigenvalue weighted by Crippen LogP contribution is 2.13. The first-order valence-corrected chi connectivity index (χ1v) is 6.84. The molecule has 0 spiro atoms. The van der Waals surface area contributed by atoms with Crippen molar-refractivity contribution < 1.29 is 0 Å². The van der Waals surface area contributed by atoms with Crippen LogP contribution in [0.15, 0.2) is 28.7 Å². The van der Waals surface area contributed by atoms with E-state index in [2.05, 4.69) is 50.6 Å². The molecule has 0 unspecified atom stereocenters. The van der Waals surface area contributed by atoms with Gasteiger partial charge in [-0.2, -0.15) is 0 Å². The topological polar surface area (TPSA) is 42.7 Å². The van der Waals surface area contributed by atoms with Gasteiger partial charge in [-0.1, -0.05) is 40.2 Å². The van der Waals surface area contributed by atoms with Gasteiger partial charge in [0.2, 0.25) is 0 Å². The first kappa shape index (κ1) is 13.2. The van der Waals surface area contributed by atoms with Crippen molar-refractivity contribution in [2.45, 2.75) is 26.4 Å². The Morgan fingerprint density at radius 3 is 2.61 bits per heavy atom. The molecule has 18 heavy (non-hydrogen) atoms. The third-order valence-electron chi connectivity index (χ3n) is 2.84. The van der Waals surface area contributed by atoms with Gasteiger partial charge in [-0.3, -0.25) is 0 Å². The lowest BCUT2D eigenvalue weighted by molar-refractivity contribution is 0.622. The number of hydrogen-bond donors (Lipinski definition) is 1. The van der Waals surface area contributed by atoms with Gasteiger partial charge in [0.05, 0.1) is 17.9 Å².